The van der Waals surface area contributed by atoms with Crippen molar-refractivity contribution in [2.24, 2.45) is 0 Å². The molecule has 0 saturated heterocycles. The van der Waals surface area contributed by atoms with E-state index in [4.69, 9.17) is 5.73 Å². The molecule has 0 radical (unpaired) electrons. The van der Waals surface area contributed by atoms with Crippen LogP contribution in [0.4, 0.5) is 11.6 Å². The number of phenols is 1. The molecule has 29 heavy (non-hydrogen) atoms. The summed E-state index contributed by atoms with van der Waals surface area (Å²) >= 11 is 0. The first kappa shape index (κ1) is 17.8. The Balaban J connectivity index is 1.77. The molecule has 0 aliphatic carbocycles. The Bertz CT molecular complexity index is 1280. The number of nitrogen functional groups attached to an aromatic ring is 1. The maximum absolute atomic E-state index is 9.82. The average molecular weight is 381 g/mol. The van der Waals surface area contributed by atoms with Gasteiger partial charge in [-0.1, -0.05) is 24.3 Å². The largest absolute Gasteiger partial charge is 0.508 e. The zero-order valence-corrected chi connectivity index (χ0v) is 15.1. The number of para-hydroxylation sites is 2. The second kappa shape index (κ2) is 7.22. The summed E-state index contributed by atoms with van der Waals surface area (Å²) in [6.45, 7) is 0.279. The van der Waals surface area contributed by atoms with E-state index in [9.17, 15) is 15.6 Å². The normalized spacial score (nSPS) is 10.4. The van der Waals surface area contributed by atoms with Crippen LogP contribution in [0.5, 0.6) is 5.75 Å². The van der Waals surface area contributed by atoms with Crippen molar-refractivity contribution in [3.63, 3.8) is 0 Å². The number of aromatic nitrogens is 3. The van der Waals surface area contributed by atoms with Gasteiger partial charge in [-0.15, -0.1) is 0 Å². The monoisotopic (exact) mass is 381 g/mol. The lowest BCUT2D eigenvalue weighted by Gasteiger charge is -2.14. The van der Waals surface area contributed by atoms with Crippen molar-refractivity contribution >= 4 is 22.7 Å². The van der Waals surface area contributed by atoms with Crippen molar-refractivity contribution in [1.82, 2.24) is 15.0 Å². The van der Waals surface area contributed by atoms with E-state index in [-0.39, 0.29) is 35.1 Å². The van der Waals surface area contributed by atoms with Crippen molar-refractivity contribution in [3.05, 3.63) is 65.5 Å². The molecule has 8 heteroatoms. The summed E-state index contributed by atoms with van der Waals surface area (Å²) in [6.07, 6.45) is 0. The minimum Gasteiger partial charge on any atom is -0.508 e. The fourth-order valence-corrected chi connectivity index (χ4v) is 3.16. The van der Waals surface area contributed by atoms with Crippen molar-refractivity contribution in [2.45, 2.75) is 6.54 Å². The molecule has 2 aromatic carbocycles. The lowest BCUT2D eigenvalue weighted by molar-refractivity contribution is 0.475. The van der Waals surface area contributed by atoms with Crippen LogP contribution in [0.1, 0.15) is 17.0 Å². The number of anilines is 2. The number of nitrogens with zero attached hydrogens (tertiary/aromatic N) is 4. The number of phenolic OH excluding ortho intramolecular Hbond substituents is 1. The summed E-state index contributed by atoms with van der Waals surface area (Å²) in [4.78, 5) is 11.9. The first-order valence-electron chi connectivity index (χ1n) is 8.71. The van der Waals surface area contributed by atoms with Gasteiger partial charge in [0.25, 0.3) is 0 Å². The van der Waals surface area contributed by atoms with Crippen LogP contribution in [0.25, 0.3) is 22.2 Å². The van der Waals surface area contributed by atoms with Crippen LogP contribution in [0.2, 0.25) is 0 Å². The van der Waals surface area contributed by atoms with Gasteiger partial charge in [0.15, 0.2) is 0 Å². The molecule has 8 nitrogen and oxygen atoms in total. The maximum Gasteiger partial charge on any atom is 0.147 e. The quantitative estimate of drug-likeness (QED) is 0.424. The SMILES string of the molecule is N#Cc1c(N)nc(NCc2nc3ccccc3[nH]2)c(C#N)c1-c1cccc(O)c1. The molecule has 0 fully saturated rings. The van der Waals surface area contributed by atoms with E-state index >= 15 is 0 Å². The van der Waals surface area contributed by atoms with Gasteiger partial charge in [-0.25, -0.2) is 9.97 Å². The van der Waals surface area contributed by atoms with Gasteiger partial charge in [0.05, 0.1) is 17.6 Å². The lowest BCUT2D eigenvalue weighted by Crippen LogP contribution is -2.09. The van der Waals surface area contributed by atoms with Crippen LogP contribution in [-0.2, 0) is 6.54 Å². The molecule has 0 spiro atoms. The fraction of sp³-hybridized carbons (Fsp3) is 0.0476. The van der Waals surface area contributed by atoms with E-state index in [0.717, 1.165) is 11.0 Å². The topological polar surface area (TPSA) is 147 Å². The second-order valence-corrected chi connectivity index (χ2v) is 6.30. The second-order valence-electron chi connectivity index (χ2n) is 6.30. The highest BCUT2D eigenvalue weighted by Crippen LogP contribution is 2.35. The Morgan fingerprint density at radius 2 is 1.83 bits per heavy atom. The van der Waals surface area contributed by atoms with E-state index in [1.807, 2.05) is 30.3 Å². The molecule has 0 atom stereocenters. The first-order valence-corrected chi connectivity index (χ1v) is 8.71. The third kappa shape index (κ3) is 3.27. The molecule has 2 aromatic heterocycles. The molecule has 2 heterocycles. The number of pyridine rings is 1. The Labute approximate surface area is 165 Å². The number of fused-ring (bicyclic) bond motifs is 1. The highest BCUT2D eigenvalue weighted by molar-refractivity contribution is 5.85. The van der Waals surface area contributed by atoms with Crippen LogP contribution in [0, 0.1) is 22.7 Å². The summed E-state index contributed by atoms with van der Waals surface area (Å²) in [7, 11) is 0. The number of hydrogen-bond acceptors (Lipinski definition) is 7. The maximum atomic E-state index is 9.82. The van der Waals surface area contributed by atoms with Crippen LogP contribution in [0.3, 0.4) is 0 Å². The van der Waals surface area contributed by atoms with Crippen LogP contribution >= 0.6 is 0 Å². The highest BCUT2D eigenvalue weighted by atomic mass is 16.3. The number of rotatable bonds is 4. The Kier molecular flexibility index (Phi) is 4.44. The number of hydrogen-bond donors (Lipinski definition) is 4. The van der Waals surface area contributed by atoms with E-state index in [1.165, 1.54) is 12.1 Å². The number of H-pyrrole nitrogens is 1. The molecule has 5 N–H and O–H groups in total. The lowest BCUT2D eigenvalue weighted by atomic mass is 9.96. The van der Waals surface area contributed by atoms with Gasteiger partial charge in [0.1, 0.15) is 46.5 Å². The number of benzene rings is 2. The molecular formula is C21H15N7O. The van der Waals surface area contributed by atoms with Crippen molar-refractivity contribution in [1.29, 1.82) is 10.5 Å². The average Bonchev–Trinajstić information content (AvgIpc) is 3.14. The summed E-state index contributed by atoms with van der Waals surface area (Å²) in [5, 5.41) is 32.2. The summed E-state index contributed by atoms with van der Waals surface area (Å²) in [6, 6.07) is 18.0. The molecule has 0 aliphatic rings. The molecule has 0 bridgehead atoms. The molecule has 140 valence electrons. The minimum absolute atomic E-state index is 0.00283. The van der Waals surface area contributed by atoms with Gasteiger partial charge < -0.3 is 21.1 Å². The van der Waals surface area contributed by atoms with Crippen molar-refractivity contribution < 1.29 is 5.11 Å². The standard InChI is InChI=1S/C21H15N7O/c22-9-14-19(12-4-3-5-13(29)8-12)15(10-23)21(28-20(14)24)25-11-18-26-16-6-1-2-7-17(16)27-18/h1-8,29H,11H2,(H,26,27)(H3,24,25,28). The zero-order chi connectivity index (χ0) is 20.4. The molecule has 0 saturated carbocycles. The number of aromatic hydroxyl groups is 1. The zero-order valence-electron chi connectivity index (χ0n) is 15.1. The summed E-state index contributed by atoms with van der Waals surface area (Å²) < 4.78 is 0. The molecular weight excluding hydrogens is 366 g/mol. The predicted octanol–water partition coefficient (Wildman–Crippen LogP) is 3.27. The van der Waals surface area contributed by atoms with E-state index in [1.54, 1.807) is 12.1 Å². The highest BCUT2D eigenvalue weighted by Gasteiger charge is 2.20. The molecule has 0 aliphatic heterocycles. The van der Waals surface area contributed by atoms with Gasteiger partial charge in [0, 0.05) is 5.56 Å². The van der Waals surface area contributed by atoms with Crippen molar-refractivity contribution in [3.8, 4) is 29.0 Å². The Morgan fingerprint density at radius 1 is 1.03 bits per heavy atom. The first-order chi connectivity index (χ1) is 14.1. The van der Waals surface area contributed by atoms with E-state index < -0.39 is 0 Å². The minimum atomic E-state index is -0.00283. The third-order valence-electron chi connectivity index (χ3n) is 4.45. The number of nitriles is 2. The van der Waals surface area contributed by atoms with Crippen LogP contribution in [0.15, 0.2) is 48.5 Å². The summed E-state index contributed by atoms with van der Waals surface area (Å²) in [5.41, 5.74) is 8.80. The number of imidazole rings is 1. The van der Waals surface area contributed by atoms with E-state index in [0.29, 0.717) is 17.0 Å². The van der Waals surface area contributed by atoms with Crippen LogP contribution in [-0.4, -0.2) is 20.1 Å². The third-order valence-corrected chi connectivity index (χ3v) is 4.45. The molecule has 4 aromatic rings. The van der Waals surface area contributed by atoms with Gasteiger partial charge >= 0.3 is 0 Å². The molecule has 4 rings (SSSR count). The van der Waals surface area contributed by atoms with E-state index in [2.05, 4.69) is 26.3 Å². The molecule has 0 amide bonds. The number of nitrogens with two attached hydrogens (primary N) is 1. The number of aromatic amines is 1. The van der Waals surface area contributed by atoms with Gasteiger partial charge in [-0.05, 0) is 29.8 Å². The Morgan fingerprint density at radius 3 is 2.55 bits per heavy atom. The van der Waals surface area contributed by atoms with Gasteiger partial charge in [-0.3, -0.25) is 0 Å². The smallest absolute Gasteiger partial charge is 0.147 e. The van der Waals surface area contributed by atoms with Gasteiger partial charge in [-0.2, -0.15) is 10.5 Å². The fourth-order valence-electron chi connectivity index (χ4n) is 3.16. The number of nitrogens with one attached hydrogen (secondary N) is 2. The predicted molar refractivity (Wildman–Crippen MR) is 109 cm³/mol. The Hall–Kier alpha value is -4.56. The van der Waals surface area contributed by atoms with Crippen molar-refractivity contribution in [2.75, 3.05) is 11.1 Å². The molecule has 0 unspecified atom stereocenters. The summed E-state index contributed by atoms with van der Waals surface area (Å²) in [5.74, 6) is 0.918. The van der Waals surface area contributed by atoms with Crippen LogP contribution < -0.4 is 11.1 Å². The van der Waals surface area contributed by atoms with Gasteiger partial charge in [0.2, 0.25) is 0 Å².